The van der Waals surface area contributed by atoms with Crippen LogP contribution in [-0.2, 0) is 22.3 Å². The van der Waals surface area contributed by atoms with Crippen molar-refractivity contribution in [3.05, 3.63) is 48.5 Å². The molecule has 0 fully saturated rings. The summed E-state index contributed by atoms with van der Waals surface area (Å²) in [5.74, 6) is 0.155. The van der Waals surface area contributed by atoms with Gasteiger partial charge in [0.1, 0.15) is 29.8 Å². The number of carbonyl (C=O) groups excluding carboxylic acids is 1. The number of hydrogen-bond donors (Lipinski definition) is 4. The van der Waals surface area contributed by atoms with Crippen molar-refractivity contribution in [2.75, 3.05) is 18.1 Å². The molecular weight excluding hydrogens is 561 g/mol. The van der Waals surface area contributed by atoms with E-state index in [-0.39, 0.29) is 5.91 Å². The van der Waals surface area contributed by atoms with E-state index >= 15 is 0 Å². The summed E-state index contributed by atoms with van der Waals surface area (Å²) < 4.78 is 17.3. The van der Waals surface area contributed by atoms with Crippen LogP contribution in [-0.4, -0.2) is 53.3 Å². The molecule has 2 aromatic carbocycles. The Morgan fingerprint density at radius 3 is 2.10 bits per heavy atom. The lowest BCUT2D eigenvalue weighted by Gasteiger charge is -2.12. The van der Waals surface area contributed by atoms with Crippen molar-refractivity contribution in [2.45, 2.75) is 47.3 Å². The van der Waals surface area contributed by atoms with Crippen LogP contribution in [0.15, 0.2) is 73.3 Å². The second-order valence-corrected chi connectivity index (χ2v) is 10.6. The van der Waals surface area contributed by atoms with Gasteiger partial charge in [0.2, 0.25) is 17.0 Å². The van der Waals surface area contributed by atoms with E-state index < -0.39 is 11.1 Å². The molecule has 0 saturated carbocycles. The summed E-state index contributed by atoms with van der Waals surface area (Å²) in [5, 5.41) is 26.3. The standard InChI is InChI=1S/C21H21N9O3S3.C2H7N/c1-4-13-5-6-15(16(7-13)26-12(2)31)27-28-19-17(34-20-22-10-24-29-20)8-14(33-36(3)32)9-18(19)35-21-23-11-25-30-21;1-2-3/h5-11H,4H2,1-3H3,(H,26,31)(H,22,24,29)(H,23,25,30);2-3H2,1H3. The number of benzene rings is 2. The summed E-state index contributed by atoms with van der Waals surface area (Å²) in [6.45, 7) is 6.12. The van der Waals surface area contributed by atoms with Crippen molar-refractivity contribution in [3.63, 3.8) is 0 Å². The van der Waals surface area contributed by atoms with Crippen LogP contribution < -0.4 is 15.2 Å². The van der Waals surface area contributed by atoms with Crippen LogP contribution in [0.5, 0.6) is 5.75 Å². The van der Waals surface area contributed by atoms with E-state index in [1.807, 2.05) is 26.0 Å². The van der Waals surface area contributed by atoms with Crippen LogP contribution in [0.25, 0.3) is 0 Å². The third kappa shape index (κ3) is 9.27. The number of nitrogens with zero attached hydrogens (tertiary/aromatic N) is 6. The summed E-state index contributed by atoms with van der Waals surface area (Å²) >= 11 is 0.961. The summed E-state index contributed by atoms with van der Waals surface area (Å²) in [6, 6.07) is 9.00. The maximum Gasteiger partial charge on any atom is 0.221 e. The van der Waals surface area contributed by atoms with E-state index in [9.17, 15) is 9.00 Å². The summed E-state index contributed by atoms with van der Waals surface area (Å²) in [7, 11) is 0. The smallest absolute Gasteiger partial charge is 0.221 e. The molecule has 0 aliphatic carbocycles. The second kappa shape index (κ2) is 15.1. The van der Waals surface area contributed by atoms with Crippen molar-refractivity contribution in [1.82, 2.24) is 30.4 Å². The molecule has 1 unspecified atom stereocenters. The molecule has 4 aromatic rings. The van der Waals surface area contributed by atoms with Gasteiger partial charge in [-0.15, -0.1) is 10.2 Å². The highest BCUT2D eigenvalue weighted by Crippen LogP contribution is 2.45. The number of aromatic nitrogens is 6. The van der Waals surface area contributed by atoms with Gasteiger partial charge < -0.3 is 15.2 Å². The highest BCUT2D eigenvalue weighted by Gasteiger charge is 2.18. The first kappa shape index (κ1) is 29.9. The maximum atomic E-state index is 11.8. The molecule has 13 nitrogen and oxygen atoms in total. The number of azo groups is 1. The minimum Gasteiger partial charge on any atom is -0.401 e. The summed E-state index contributed by atoms with van der Waals surface area (Å²) in [4.78, 5) is 21.3. The van der Waals surface area contributed by atoms with Gasteiger partial charge in [0.05, 0.1) is 5.69 Å². The molecular formula is C23H28N10O3S3. The Kier molecular flexibility index (Phi) is 11.6. The molecule has 1 atom stereocenters. The van der Waals surface area contributed by atoms with Crippen molar-refractivity contribution >= 4 is 57.6 Å². The van der Waals surface area contributed by atoms with Gasteiger partial charge in [0.15, 0.2) is 10.3 Å². The average Bonchev–Trinajstić information content (AvgIpc) is 3.58. The zero-order chi connectivity index (χ0) is 28.2. The zero-order valence-electron chi connectivity index (χ0n) is 21.7. The van der Waals surface area contributed by atoms with Gasteiger partial charge >= 0.3 is 0 Å². The highest BCUT2D eigenvalue weighted by atomic mass is 32.2. The maximum absolute atomic E-state index is 11.8. The lowest BCUT2D eigenvalue weighted by Crippen LogP contribution is -2.06. The molecule has 0 aliphatic heterocycles. The van der Waals surface area contributed by atoms with Gasteiger partial charge in [-0.1, -0.05) is 19.9 Å². The normalized spacial score (nSPS) is 11.6. The van der Waals surface area contributed by atoms with E-state index in [1.54, 1.807) is 18.2 Å². The number of H-pyrrole nitrogens is 2. The molecule has 0 saturated heterocycles. The number of hydrogen-bond acceptors (Lipinski definition) is 12. The molecule has 16 heteroatoms. The van der Waals surface area contributed by atoms with Gasteiger partial charge in [0, 0.05) is 23.0 Å². The Balaban J connectivity index is 0.00000134. The number of rotatable bonds is 10. The minimum atomic E-state index is -1.55. The van der Waals surface area contributed by atoms with Gasteiger partial charge in [-0.05, 0) is 66.3 Å². The number of nitrogens with one attached hydrogen (secondary N) is 3. The van der Waals surface area contributed by atoms with E-state index in [0.717, 1.165) is 18.5 Å². The topological polar surface area (TPSA) is 189 Å². The first-order chi connectivity index (χ1) is 18.8. The molecule has 2 aromatic heterocycles. The van der Waals surface area contributed by atoms with Gasteiger partial charge in [-0.25, -0.2) is 14.2 Å². The molecule has 206 valence electrons. The molecule has 0 aliphatic rings. The van der Waals surface area contributed by atoms with Crippen LogP contribution in [0.4, 0.5) is 17.1 Å². The summed E-state index contributed by atoms with van der Waals surface area (Å²) in [5.41, 5.74) is 7.43. The number of carbonyl (C=O) groups is 1. The van der Waals surface area contributed by atoms with E-state index in [0.29, 0.717) is 42.9 Å². The lowest BCUT2D eigenvalue weighted by atomic mass is 10.1. The molecule has 2 heterocycles. The van der Waals surface area contributed by atoms with Crippen LogP contribution in [0.1, 0.15) is 26.3 Å². The fraction of sp³-hybridized carbons (Fsp3) is 0.261. The molecule has 4 rings (SSSR count). The SMILES string of the molecule is CCN.CCc1ccc(N=Nc2c(Sc3ncn[nH]3)cc(OS(C)=O)cc2Sc2ncn[nH]2)c(NC(C)=O)c1. The van der Waals surface area contributed by atoms with Crippen LogP contribution >= 0.6 is 23.5 Å². The molecule has 0 bridgehead atoms. The van der Waals surface area contributed by atoms with Crippen molar-refractivity contribution in [3.8, 4) is 5.75 Å². The fourth-order valence-corrected chi connectivity index (χ4v) is 5.07. The van der Waals surface area contributed by atoms with E-state index in [4.69, 9.17) is 9.92 Å². The second-order valence-electron chi connectivity index (χ2n) is 7.53. The first-order valence-corrected chi connectivity index (χ1v) is 14.7. The number of aromatic amines is 2. The molecule has 0 spiro atoms. The third-order valence-electron chi connectivity index (χ3n) is 4.46. The minimum absolute atomic E-state index is 0.211. The monoisotopic (exact) mass is 588 g/mol. The van der Waals surface area contributed by atoms with Gasteiger partial charge in [0.25, 0.3) is 0 Å². The highest BCUT2D eigenvalue weighted by molar-refractivity contribution is 8.00. The largest absolute Gasteiger partial charge is 0.401 e. The van der Waals surface area contributed by atoms with Gasteiger partial charge in [-0.3, -0.25) is 15.0 Å². The number of nitrogens with two attached hydrogens (primary N) is 1. The van der Waals surface area contributed by atoms with Crippen LogP contribution in [0, 0.1) is 0 Å². The summed E-state index contributed by atoms with van der Waals surface area (Å²) in [6.07, 6.45) is 5.03. The average molecular weight is 589 g/mol. The van der Waals surface area contributed by atoms with Crippen LogP contribution in [0.2, 0.25) is 0 Å². The third-order valence-corrected chi connectivity index (χ3v) is 6.73. The Morgan fingerprint density at radius 1 is 1.05 bits per heavy atom. The first-order valence-electron chi connectivity index (χ1n) is 11.6. The lowest BCUT2D eigenvalue weighted by molar-refractivity contribution is -0.114. The predicted molar refractivity (Wildman–Crippen MR) is 151 cm³/mol. The Morgan fingerprint density at radius 2 is 1.64 bits per heavy atom. The fourth-order valence-electron chi connectivity index (χ4n) is 2.98. The van der Waals surface area contributed by atoms with E-state index in [1.165, 1.54) is 49.4 Å². The molecule has 5 N–H and O–H groups in total. The Hall–Kier alpha value is -3.60. The molecule has 39 heavy (non-hydrogen) atoms. The van der Waals surface area contributed by atoms with Crippen molar-refractivity contribution in [1.29, 1.82) is 0 Å². The number of anilines is 1. The Labute approximate surface area is 236 Å². The quantitative estimate of drug-likeness (QED) is 0.187. The number of aryl methyl sites for hydroxylation is 1. The molecule has 0 radical (unpaired) electrons. The van der Waals surface area contributed by atoms with Crippen molar-refractivity contribution < 1.29 is 13.2 Å². The predicted octanol–water partition coefficient (Wildman–Crippen LogP) is 4.80. The van der Waals surface area contributed by atoms with Crippen LogP contribution in [0.3, 0.4) is 0 Å². The van der Waals surface area contributed by atoms with Crippen molar-refractivity contribution in [2.24, 2.45) is 16.0 Å². The molecule has 1 amide bonds. The zero-order valence-corrected chi connectivity index (χ0v) is 24.1. The number of amides is 1. The van der Waals surface area contributed by atoms with Gasteiger partial charge in [-0.2, -0.15) is 10.2 Å². The Bertz CT molecular complexity index is 1360. The van der Waals surface area contributed by atoms with E-state index in [2.05, 4.69) is 45.9 Å².